The van der Waals surface area contributed by atoms with Crippen LogP contribution in [0.25, 0.3) is 11.3 Å². The molecule has 0 aliphatic heterocycles. The summed E-state index contributed by atoms with van der Waals surface area (Å²) in [6.45, 7) is 1.91. The first-order chi connectivity index (χ1) is 7.47. The van der Waals surface area contributed by atoms with Gasteiger partial charge in [0.15, 0.2) is 0 Å². The Balaban J connectivity index is 2.35. The van der Waals surface area contributed by atoms with Gasteiger partial charge >= 0.3 is 6.18 Å². The monoisotopic (exact) mass is 226 g/mol. The molecule has 1 aromatic carbocycles. The molecule has 0 spiro atoms. The maximum atomic E-state index is 12.3. The van der Waals surface area contributed by atoms with Crippen molar-refractivity contribution in [1.82, 2.24) is 9.97 Å². The predicted octanol–water partition coefficient (Wildman–Crippen LogP) is 3.40. The molecule has 84 valence electrons. The van der Waals surface area contributed by atoms with Crippen LogP contribution in [0.3, 0.4) is 0 Å². The lowest BCUT2D eigenvalue weighted by Gasteiger charge is -2.01. The van der Waals surface area contributed by atoms with Crippen molar-refractivity contribution in [2.75, 3.05) is 0 Å². The lowest BCUT2D eigenvalue weighted by molar-refractivity contribution is -0.144. The summed E-state index contributed by atoms with van der Waals surface area (Å²) < 4.78 is 36.9. The number of nitrogens with zero attached hydrogens (tertiary/aromatic N) is 1. The first-order valence-electron chi connectivity index (χ1n) is 4.66. The molecule has 0 fully saturated rings. The number of hydrogen-bond acceptors (Lipinski definition) is 1. The predicted molar refractivity (Wildman–Crippen MR) is 53.8 cm³/mol. The van der Waals surface area contributed by atoms with E-state index in [9.17, 15) is 13.2 Å². The fourth-order valence-corrected chi connectivity index (χ4v) is 1.35. The number of aromatic nitrogens is 2. The van der Waals surface area contributed by atoms with Crippen molar-refractivity contribution in [2.24, 2.45) is 0 Å². The summed E-state index contributed by atoms with van der Waals surface area (Å²) in [6, 6.07) is 7.18. The van der Waals surface area contributed by atoms with Crippen LogP contribution in [0, 0.1) is 6.92 Å². The van der Waals surface area contributed by atoms with E-state index in [2.05, 4.69) is 9.97 Å². The molecular weight excluding hydrogens is 217 g/mol. The zero-order chi connectivity index (χ0) is 11.8. The molecule has 0 aliphatic carbocycles. The molecule has 0 atom stereocenters. The van der Waals surface area contributed by atoms with Crippen molar-refractivity contribution in [2.45, 2.75) is 13.1 Å². The number of imidazole rings is 1. The summed E-state index contributed by atoms with van der Waals surface area (Å²) in [7, 11) is 0. The molecule has 0 saturated heterocycles. The van der Waals surface area contributed by atoms with E-state index in [4.69, 9.17) is 0 Å². The number of halogens is 3. The molecule has 0 radical (unpaired) electrons. The number of benzene rings is 1. The summed E-state index contributed by atoms with van der Waals surface area (Å²) in [5.41, 5.74) is 2.11. The van der Waals surface area contributed by atoms with Crippen molar-refractivity contribution in [3.8, 4) is 11.3 Å². The van der Waals surface area contributed by atoms with Crippen LogP contribution >= 0.6 is 0 Å². The van der Waals surface area contributed by atoms with Gasteiger partial charge in [0.25, 0.3) is 0 Å². The van der Waals surface area contributed by atoms with E-state index in [0.717, 1.165) is 5.56 Å². The van der Waals surface area contributed by atoms with E-state index in [1.165, 1.54) is 6.20 Å². The Morgan fingerprint density at radius 1 is 1.12 bits per heavy atom. The summed E-state index contributed by atoms with van der Waals surface area (Å²) in [4.78, 5) is 5.56. The Kier molecular flexibility index (Phi) is 2.46. The zero-order valence-electron chi connectivity index (χ0n) is 8.47. The van der Waals surface area contributed by atoms with E-state index in [1.54, 1.807) is 12.1 Å². The van der Waals surface area contributed by atoms with Crippen LogP contribution < -0.4 is 0 Å². The summed E-state index contributed by atoms with van der Waals surface area (Å²) in [6.07, 6.45) is -3.24. The van der Waals surface area contributed by atoms with Crippen molar-refractivity contribution in [1.29, 1.82) is 0 Å². The van der Waals surface area contributed by atoms with Gasteiger partial charge in [-0.15, -0.1) is 0 Å². The Morgan fingerprint density at radius 3 is 2.25 bits per heavy atom. The van der Waals surface area contributed by atoms with Gasteiger partial charge < -0.3 is 4.98 Å². The lowest BCUT2D eigenvalue weighted by atomic mass is 10.1. The molecule has 2 aromatic rings. The SMILES string of the molecule is Cc1ccc(-c2cnc(C(F)(F)F)[nH]2)cc1. The number of aromatic amines is 1. The van der Waals surface area contributed by atoms with Gasteiger partial charge in [0, 0.05) is 0 Å². The first kappa shape index (κ1) is 10.7. The van der Waals surface area contributed by atoms with E-state index in [-0.39, 0.29) is 0 Å². The van der Waals surface area contributed by atoms with Crippen LogP contribution in [0.4, 0.5) is 13.2 Å². The number of hydrogen-bond donors (Lipinski definition) is 1. The van der Waals surface area contributed by atoms with E-state index < -0.39 is 12.0 Å². The van der Waals surface area contributed by atoms with Gasteiger partial charge in [0.1, 0.15) is 0 Å². The topological polar surface area (TPSA) is 28.7 Å². The molecule has 0 amide bonds. The van der Waals surface area contributed by atoms with Crippen LogP contribution in [-0.2, 0) is 6.18 Å². The zero-order valence-corrected chi connectivity index (χ0v) is 8.47. The lowest BCUT2D eigenvalue weighted by Crippen LogP contribution is -2.07. The molecule has 1 heterocycles. The molecule has 2 nitrogen and oxygen atoms in total. The number of rotatable bonds is 1. The number of nitrogens with one attached hydrogen (secondary N) is 1. The van der Waals surface area contributed by atoms with Crippen molar-refractivity contribution in [3.05, 3.63) is 41.9 Å². The number of aryl methyl sites for hydroxylation is 1. The fraction of sp³-hybridized carbons (Fsp3) is 0.182. The minimum atomic E-state index is -4.43. The third-order valence-electron chi connectivity index (χ3n) is 2.21. The smallest absolute Gasteiger partial charge is 0.334 e. The largest absolute Gasteiger partial charge is 0.449 e. The maximum absolute atomic E-state index is 12.3. The average molecular weight is 226 g/mol. The second-order valence-electron chi connectivity index (χ2n) is 3.51. The van der Waals surface area contributed by atoms with Crippen molar-refractivity contribution < 1.29 is 13.2 Å². The molecule has 0 bridgehead atoms. The van der Waals surface area contributed by atoms with Crippen LogP contribution in [-0.4, -0.2) is 9.97 Å². The van der Waals surface area contributed by atoms with Crippen LogP contribution in [0.5, 0.6) is 0 Å². The van der Waals surface area contributed by atoms with Gasteiger partial charge in [-0.05, 0) is 12.5 Å². The fourth-order valence-electron chi connectivity index (χ4n) is 1.35. The Morgan fingerprint density at radius 2 is 1.75 bits per heavy atom. The van der Waals surface area contributed by atoms with Crippen LogP contribution in [0.2, 0.25) is 0 Å². The molecular formula is C11H9F3N2. The molecule has 2 rings (SSSR count). The van der Waals surface area contributed by atoms with Gasteiger partial charge in [-0.2, -0.15) is 13.2 Å². The van der Waals surface area contributed by atoms with Gasteiger partial charge in [0.2, 0.25) is 5.82 Å². The molecule has 0 aliphatic rings. The second kappa shape index (κ2) is 3.66. The quantitative estimate of drug-likeness (QED) is 0.793. The van der Waals surface area contributed by atoms with Gasteiger partial charge in [-0.25, -0.2) is 4.98 Å². The number of H-pyrrole nitrogens is 1. The molecule has 1 aromatic heterocycles. The molecule has 0 unspecified atom stereocenters. The van der Waals surface area contributed by atoms with Crippen LogP contribution in [0.1, 0.15) is 11.4 Å². The van der Waals surface area contributed by atoms with Gasteiger partial charge in [-0.1, -0.05) is 29.8 Å². The Hall–Kier alpha value is -1.78. The standard InChI is InChI=1S/C11H9F3N2/c1-7-2-4-8(5-3-7)9-6-15-10(16-9)11(12,13)14/h2-6H,1H3,(H,15,16). The Labute approximate surface area is 90.1 Å². The molecule has 0 saturated carbocycles. The third-order valence-corrected chi connectivity index (χ3v) is 2.21. The average Bonchev–Trinajstić information content (AvgIpc) is 2.67. The van der Waals surface area contributed by atoms with Crippen molar-refractivity contribution in [3.63, 3.8) is 0 Å². The Bertz CT molecular complexity index is 483. The second-order valence-corrected chi connectivity index (χ2v) is 3.51. The van der Waals surface area contributed by atoms with E-state index in [0.29, 0.717) is 11.3 Å². The van der Waals surface area contributed by atoms with Gasteiger partial charge in [0.05, 0.1) is 11.9 Å². The van der Waals surface area contributed by atoms with Crippen LogP contribution in [0.15, 0.2) is 30.5 Å². The highest BCUT2D eigenvalue weighted by molar-refractivity contribution is 5.58. The van der Waals surface area contributed by atoms with E-state index >= 15 is 0 Å². The highest BCUT2D eigenvalue weighted by atomic mass is 19.4. The number of alkyl halides is 3. The normalized spacial score (nSPS) is 11.8. The highest BCUT2D eigenvalue weighted by Crippen LogP contribution is 2.28. The van der Waals surface area contributed by atoms with Crippen molar-refractivity contribution >= 4 is 0 Å². The van der Waals surface area contributed by atoms with E-state index in [1.807, 2.05) is 19.1 Å². The first-order valence-corrected chi connectivity index (χ1v) is 4.66. The summed E-state index contributed by atoms with van der Waals surface area (Å²) >= 11 is 0. The minimum absolute atomic E-state index is 0.368. The summed E-state index contributed by atoms with van der Waals surface area (Å²) in [5, 5.41) is 0. The molecule has 1 N–H and O–H groups in total. The third kappa shape index (κ3) is 2.08. The summed E-state index contributed by atoms with van der Waals surface area (Å²) in [5.74, 6) is -0.969. The van der Waals surface area contributed by atoms with Gasteiger partial charge in [-0.3, -0.25) is 0 Å². The molecule has 16 heavy (non-hydrogen) atoms. The minimum Gasteiger partial charge on any atom is -0.334 e. The molecule has 5 heteroatoms. The highest BCUT2D eigenvalue weighted by Gasteiger charge is 2.34. The maximum Gasteiger partial charge on any atom is 0.449 e.